The number of piperazine rings is 1. The monoisotopic (exact) mass is 222 g/mol. The molecule has 90 valence electrons. The molecule has 0 aliphatic carbocycles. The van der Waals surface area contributed by atoms with Crippen molar-refractivity contribution in [1.29, 1.82) is 0 Å². The molecule has 0 aromatic carbocycles. The Kier molecular flexibility index (Phi) is 5.12. The zero-order chi connectivity index (χ0) is 12.0. The molecule has 3 heteroatoms. The van der Waals surface area contributed by atoms with Gasteiger partial charge in [-0.05, 0) is 26.0 Å². The van der Waals surface area contributed by atoms with E-state index in [1.165, 1.54) is 0 Å². The van der Waals surface area contributed by atoms with Crippen LogP contribution >= 0.6 is 0 Å². The highest BCUT2D eigenvalue weighted by Gasteiger charge is 2.20. The van der Waals surface area contributed by atoms with Crippen molar-refractivity contribution in [3.8, 4) is 0 Å². The van der Waals surface area contributed by atoms with Gasteiger partial charge in [-0.2, -0.15) is 0 Å². The lowest BCUT2D eigenvalue weighted by molar-refractivity contribution is 0.208. The number of nitrogens with zero attached hydrogens (tertiary/aromatic N) is 1. The maximum atomic E-state index is 5.36. The summed E-state index contributed by atoms with van der Waals surface area (Å²) in [4.78, 5) is 2.36. The second-order valence-corrected chi connectivity index (χ2v) is 3.90. The first kappa shape index (κ1) is 12.8. The van der Waals surface area contributed by atoms with E-state index in [9.17, 15) is 0 Å². The average molecular weight is 222 g/mol. The fourth-order valence-electron chi connectivity index (χ4n) is 1.97. The van der Waals surface area contributed by atoms with Gasteiger partial charge in [0.15, 0.2) is 0 Å². The van der Waals surface area contributed by atoms with Gasteiger partial charge in [0.25, 0.3) is 0 Å². The first-order chi connectivity index (χ1) is 7.74. The number of nitrogens with one attached hydrogen (secondary N) is 1. The van der Waals surface area contributed by atoms with E-state index in [0.29, 0.717) is 6.04 Å². The molecule has 1 N–H and O–H groups in total. The van der Waals surface area contributed by atoms with Crippen molar-refractivity contribution in [2.24, 2.45) is 0 Å². The summed E-state index contributed by atoms with van der Waals surface area (Å²) in [7, 11) is 1.69. The molecule has 0 amide bonds. The molecule has 1 fully saturated rings. The summed E-state index contributed by atoms with van der Waals surface area (Å²) in [6.07, 6.45) is 5.89. The summed E-state index contributed by atoms with van der Waals surface area (Å²) >= 11 is 0. The minimum atomic E-state index is 0.477. The zero-order valence-electron chi connectivity index (χ0n) is 10.5. The lowest BCUT2D eigenvalue weighted by Crippen LogP contribution is -2.49. The molecule has 16 heavy (non-hydrogen) atoms. The van der Waals surface area contributed by atoms with Crippen molar-refractivity contribution in [3.63, 3.8) is 0 Å². The fraction of sp³-hybridized carbons (Fsp3) is 0.538. The number of rotatable bonds is 4. The normalized spacial score (nSPS) is 23.2. The Morgan fingerprint density at radius 2 is 2.31 bits per heavy atom. The molecule has 0 aromatic rings. The highest BCUT2D eigenvalue weighted by Crippen LogP contribution is 2.18. The van der Waals surface area contributed by atoms with Crippen molar-refractivity contribution in [2.75, 3.05) is 26.7 Å². The van der Waals surface area contributed by atoms with E-state index in [-0.39, 0.29) is 0 Å². The van der Waals surface area contributed by atoms with Gasteiger partial charge < -0.3 is 15.0 Å². The molecule has 1 unspecified atom stereocenters. The van der Waals surface area contributed by atoms with Gasteiger partial charge in [-0.15, -0.1) is 0 Å². The van der Waals surface area contributed by atoms with E-state index in [1.807, 2.05) is 13.0 Å². The SMILES string of the molecule is C=C/C(OC)=C(\C=C/C)N1CCNCC1C. The standard InChI is InChI=1S/C13H22N2O/c1-5-7-12(13(6-2)16-4)15-9-8-14-10-11(15)3/h5-7,11,14H,2,8-10H2,1,3-4H3/b7-5-,13-12-. The topological polar surface area (TPSA) is 24.5 Å². The average Bonchev–Trinajstić information content (AvgIpc) is 2.30. The number of hydrogen-bond donors (Lipinski definition) is 1. The summed E-state index contributed by atoms with van der Waals surface area (Å²) < 4.78 is 5.36. The minimum Gasteiger partial charge on any atom is -0.495 e. The van der Waals surface area contributed by atoms with Gasteiger partial charge in [-0.1, -0.05) is 12.7 Å². The largest absolute Gasteiger partial charge is 0.495 e. The predicted octanol–water partition coefficient (Wildman–Crippen LogP) is 1.90. The molecule has 0 spiro atoms. The Morgan fingerprint density at radius 3 is 2.81 bits per heavy atom. The Hall–Kier alpha value is -1.22. The van der Waals surface area contributed by atoms with Crippen molar-refractivity contribution in [3.05, 3.63) is 36.3 Å². The molecule has 1 aliphatic rings. The summed E-state index contributed by atoms with van der Waals surface area (Å²) in [5.74, 6) is 0.840. The predicted molar refractivity (Wildman–Crippen MR) is 68.1 cm³/mol. The molecular weight excluding hydrogens is 200 g/mol. The van der Waals surface area contributed by atoms with Crippen LogP contribution in [0.2, 0.25) is 0 Å². The fourth-order valence-corrected chi connectivity index (χ4v) is 1.97. The van der Waals surface area contributed by atoms with Crippen molar-refractivity contribution in [2.45, 2.75) is 19.9 Å². The maximum absolute atomic E-state index is 5.36. The molecule has 1 rings (SSSR count). The van der Waals surface area contributed by atoms with E-state index in [4.69, 9.17) is 4.74 Å². The molecular formula is C13H22N2O. The highest BCUT2D eigenvalue weighted by atomic mass is 16.5. The summed E-state index contributed by atoms with van der Waals surface area (Å²) in [6, 6.07) is 0.477. The number of ether oxygens (including phenoxy) is 1. The number of methoxy groups -OCH3 is 1. The van der Waals surface area contributed by atoms with Crippen LogP contribution in [0.4, 0.5) is 0 Å². The van der Waals surface area contributed by atoms with Crippen LogP contribution in [-0.4, -0.2) is 37.7 Å². The third-order valence-electron chi connectivity index (χ3n) is 2.79. The van der Waals surface area contributed by atoms with Crippen molar-refractivity contribution in [1.82, 2.24) is 10.2 Å². The van der Waals surface area contributed by atoms with Crippen LogP contribution in [0.5, 0.6) is 0 Å². The lowest BCUT2D eigenvalue weighted by atomic mass is 10.1. The smallest absolute Gasteiger partial charge is 0.141 e. The Labute approximate surface area is 98.5 Å². The molecule has 0 saturated carbocycles. The number of allylic oxidation sites excluding steroid dienone is 3. The molecule has 1 atom stereocenters. The number of hydrogen-bond acceptors (Lipinski definition) is 3. The van der Waals surface area contributed by atoms with Crippen molar-refractivity contribution >= 4 is 0 Å². The Morgan fingerprint density at radius 1 is 1.56 bits per heavy atom. The van der Waals surface area contributed by atoms with Gasteiger partial charge in [0, 0.05) is 25.7 Å². The van der Waals surface area contributed by atoms with Gasteiger partial charge in [0.05, 0.1) is 12.8 Å². The van der Waals surface area contributed by atoms with Gasteiger partial charge in [-0.25, -0.2) is 0 Å². The first-order valence-corrected chi connectivity index (χ1v) is 5.75. The molecule has 0 bridgehead atoms. The van der Waals surface area contributed by atoms with E-state index in [2.05, 4.69) is 29.8 Å². The maximum Gasteiger partial charge on any atom is 0.141 e. The highest BCUT2D eigenvalue weighted by molar-refractivity contribution is 5.28. The van der Waals surface area contributed by atoms with Crippen LogP contribution in [0.3, 0.4) is 0 Å². The summed E-state index contributed by atoms with van der Waals surface area (Å²) in [5.41, 5.74) is 1.12. The lowest BCUT2D eigenvalue weighted by Gasteiger charge is -2.37. The Bertz CT molecular complexity index is 294. The molecule has 1 heterocycles. The van der Waals surface area contributed by atoms with Crippen LogP contribution in [0.15, 0.2) is 36.3 Å². The minimum absolute atomic E-state index is 0.477. The van der Waals surface area contributed by atoms with Gasteiger partial charge in [0.1, 0.15) is 5.76 Å². The summed E-state index contributed by atoms with van der Waals surface area (Å²) in [5, 5.41) is 3.38. The van der Waals surface area contributed by atoms with Crippen LogP contribution in [0, 0.1) is 0 Å². The second-order valence-electron chi connectivity index (χ2n) is 3.90. The first-order valence-electron chi connectivity index (χ1n) is 5.75. The zero-order valence-corrected chi connectivity index (χ0v) is 10.5. The van der Waals surface area contributed by atoms with E-state index in [1.54, 1.807) is 13.2 Å². The molecule has 0 aromatic heterocycles. The van der Waals surface area contributed by atoms with Gasteiger partial charge in [-0.3, -0.25) is 0 Å². The van der Waals surface area contributed by atoms with E-state index < -0.39 is 0 Å². The van der Waals surface area contributed by atoms with Crippen molar-refractivity contribution < 1.29 is 4.74 Å². The third-order valence-corrected chi connectivity index (χ3v) is 2.79. The van der Waals surface area contributed by atoms with Crippen LogP contribution in [0.1, 0.15) is 13.8 Å². The Balaban J connectivity index is 3.00. The van der Waals surface area contributed by atoms with Crippen LogP contribution < -0.4 is 5.32 Å². The van der Waals surface area contributed by atoms with Crippen LogP contribution in [-0.2, 0) is 4.74 Å². The van der Waals surface area contributed by atoms with Gasteiger partial charge in [0.2, 0.25) is 0 Å². The quantitative estimate of drug-likeness (QED) is 0.581. The van der Waals surface area contributed by atoms with E-state index >= 15 is 0 Å². The molecule has 0 radical (unpaired) electrons. The molecule has 1 saturated heterocycles. The summed E-state index contributed by atoms with van der Waals surface area (Å²) in [6.45, 7) is 11.1. The van der Waals surface area contributed by atoms with E-state index in [0.717, 1.165) is 31.1 Å². The second kappa shape index (κ2) is 6.38. The molecule has 1 aliphatic heterocycles. The van der Waals surface area contributed by atoms with Gasteiger partial charge >= 0.3 is 0 Å². The molecule has 3 nitrogen and oxygen atoms in total. The van der Waals surface area contributed by atoms with Crippen LogP contribution in [0.25, 0.3) is 0 Å². The third kappa shape index (κ3) is 2.89.